The third-order valence-electron chi connectivity index (χ3n) is 0.987. The lowest BCUT2D eigenvalue weighted by Crippen LogP contribution is -1.88. The summed E-state index contributed by atoms with van der Waals surface area (Å²) < 4.78 is 0. The number of hydrogen-bond donors (Lipinski definition) is 1. The van der Waals surface area contributed by atoms with E-state index in [9.17, 15) is 0 Å². The second-order valence-electron chi connectivity index (χ2n) is 1.92. The van der Waals surface area contributed by atoms with Gasteiger partial charge in [0.15, 0.2) is 0 Å². The second kappa shape index (κ2) is 3.96. The van der Waals surface area contributed by atoms with Gasteiger partial charge >= 0.3 is 0 Å². The Labute approximate surface area is 56.6 Å². The van der Waals surface area contributed by atoms with Crippen molar-refractivity contribution in [1.82, 2.24) is 0 Å². The molecule has 2 N–H and O–H groups in total. The molecule has 0 saturated carbocycles. The van der Waals surface area contributed by atoms with Gasteiger partial charge in [0.2, 0.25) is 0 Å². The fourth-order valence-electron chi connectivity index (χ4n) is 0.343. The quantitative estimate of drug-likeness (QED) is 0.570. The molecule has 0 heterocycles. The van der Waals surface area contributed by atoms with E-state index in [4.69, 9.17) is 5.73 Å². The first kappa shape index (κ1) is 8.02. The number of hydrogen-bond acceptors (Lipinski definition) is 1. The molecule has 0 spiro atoms. The van der Waals surface area contributed by atoms with Gasteiger partial charge in [-0.25, -0.2) is 0 Å². The van der Waals surface area contributed by atoms with Crippen molar-refractivity contribution in [2.45, 2.75) is 13.3 Å². The Bertz CT molecular complexity index is 143. The van der Waals surface area contributed by atoms with Crippen LogP contribution in [0, 0.1) is 0 Å². The summed E-state index contributed by atoms with van der Waals surface area (Å²) in [6, 6.07) is 0. The summed E-state index contributed by atoms with van der Waals surface area (Å²) in [5, 5.41) is 0. The Morgan fingerprint density at radius 1 is 1.44 bits per heavy atom. The molecule has 0 radical (unpaired) electrons. The van der Waals surface area contributed by atoms with Crippen LogP contribution in [0.2, 0.25) is 0 Å². The van der Waals surface area contributed by atoms with E-state index in [-0.39, 0.29) is 0 Å². The lowest BCUT2D eigenvalue weighted by molar-refractivity contribution is 1.16. The minimum Gasteiger partial charge on any atom is -0.399 e. The molecule has 0 unspecified atom stereocenters. The standard InChI is InChI=1S/C8H13N/c1-4-7(2)5-6-8(3)9/h5-6H,2-4,9H2,1H3/b6-5-. The molecular weight excluding hydrogens is 110 g/mol. The minimum atomic E-state index is 0.574. The molecule has 9 heavy (non-hydrogen) atoms. The first-order chi connectivity index (χ1) is 4.16. The summed E-state index contributed by atoms with van der Waals surface area (Å²) in [5.41, 5.74) is 6.92. The molecule has 0 aromatic rings. The fraction of sp³-hybridized carbons (Fsp3) is 0.250. The Balaban J connectivity index is 3.71. The Morgan fingerprint density at radius 3 is 2.33 bits per heavy atom. The van der Waals surface area contributed by atoms with E-state index in [1.807, 2.05) is 13.0 Å². The summed E-state index contributed by atoms with van der Waals surface area (Å²) >= 11 is 0. The predicted molar refractivity (Wildman–Crippen MR) is 41.9 cm³/mol. The van der Waals surface area contributed by atoms with E-state index in [1.165, 1.54) is 0 Å². The van der Waals surface area contributed by atoms with Crippen LogP contribution in [-0.2, 0) is 0 Å². The van der Waals surface area contributed by atoms with Crippen molar-refractivity contribution in [2.24, 2.45) is 5.73 Å². The van der Waals surface area contributed by atoms with E-state index in [2.05, 4.69) is 13.2 Å². The van der Waals surface area contributed by atoms with Crippen molar-refractivity contribution in [3.8, 4) is 0 Å². The fourth-order valence-corrected chi connectivity index (χ4v) is 0.343. The molecule has 0 aliphatic heterocycles. The third kappa shape index (κ3) is 4.88. The first-order valence-corrected chi connectivity index (χ1v) is 2.97. The number of nitrogens with two attached hydrogens (primary N) is 1. The molecule has 0 rings (SSSR count). The predicted octanol–water partition coefficient (Wildman–Crippen LogP) is 1.98. The van der Waals surface area contributed by atoms with Crippen molar-refractivity contribution in [1.29, 1.82) is 0 Å². The van der Waals surface area contributed by atoms with Crippen LogP contribution < -0.4 is 5.73 Å². The highest BCUT2D eigenvalue weighted by atomic mass is 14.5. The van der Waals surface area contributed by atoms with Crippen LogP contribution in [0.4, 0.5) is 0 Å². The molecule has 0 fully saturated rings. The van der Waals surface area contributed by atoms with E-state index < -0.39 is 0 Å². The Morgan fingerprint density at radius 2 is 2.00 bits per heavy atom. The topological polar surface area (TPSA) is 26.0 Å². The van der Waals surface area contributed by atoms with Crippen molar-refractivity contribution in [3.63, 3.8) is 0 Å². The SMILES string of the molecule is C=C(N)/C=C\C(=C)CC. The highest BCUT2D eigenvalue weighted by Gasteiger charge is 1.79. The van der Waals surface area contributed by atoms with Gasteiger partial charge in [0.25, 0.3) is 0 Å². The molecule has 1 heteroatoms. The van der Waals surface area contributed by atoms with Gasteiger partial charge in [-0.1, -0.05) is 31.7 Å². The lowest BCUT2D eigenvalue weighted by Gasteiger charge is -1.90. The summed E-state index contributed by atoms with van der Waals surface area (Å²) in [6.07, 6.45) is 4.60. The highest BCUT2D eigenvalue weighted by molar-refractivity contribution is 5.21. The molecule has 0 aromatic heterocycles. The van der Waals surface area contributed by atoms with Crippen molar-refractivity contribution in [2.75, 3.05) is 0 Å². The maximum Gasteiger partial charge on any atom is 0.0241 e. The van der Waals surface area contributed by atoms with Gasteiger partial charge in [0.05, 0.1) is 0 Å². The number of rotatable bonds is 3. The summed E-state index contributed by atoms with van der Waals surface area (Å²) in [5.74, 6) is 0. The van der Waals surface area contributed by atoms with Gasteiger partial charge in [-0.05, 0) is 12.5 Å². The van der Waals surface area contributed by atoms with Crippen LogP contribution in [-0.4, -0.2) is 0 Å². The molecule has 0 bridgehead atoms. The van der Waals surface area contributed by atoms with Gasteiger partial charge in [-0.3, -0.25) is 0 Å². The average Bonchev–Trinajstić information content (AvgIpc) is 1.83. The average molecular weight is 123 g/mol. The van der Waals surface area contributed by atoms with E-state index in [1.54, 1.807) is 6.08 Å². The van der Waals surface area contributed by atoms with Crippen LogP contribution in [0.3, 0.4) is 0 Å². The zero-order valence-corrected chi connectivity index (χ0v) is 5.85. The van der Waals surface area contributed by atoms with E-state index in [0.717, 1.165) is 12.0 Å². The monoisotopic (exact) mass is 123 g/mol. The van der Waals surface area contributed by atoms with Gasteiger partial charge in [-0.2, -0.15) is 0 Å². The third-order valence-corrected chi connectivity index (χ3v) is 0.987. The van der Waals surface area contributed by atoms with Crippen LogP contribution in [0.5, 0.6) is 0 Å². The van der Waals surface area contributed by atoms with Crippen LogP contribution in [0.1, 0.15) is 13.3 Å². The highest BCUT2D eigenvalue weighted by Crippen LogP contribution is 1.98. The van der Waals surface area contributed by atoms with Crippen LogP contribution in [0.15, 0.2) is 36.6 Å². The van der Waals surface area contributed by atoms with Gasteiger partial charge in [0, 0.05) is 5.70 Å². The molecule has 50 valence electrons. The Hall–Kier alpha value is -0.980. The van der Waals surface area contributed by atoms with Crippen molar-refractivity contribution < 1.29 is 0 Å². The van der Waals surface area contributed by atoms with Crippen LogP contribution >= 0.6 is 0 Å². The zero-order valence-electron chi connectivity index (χ0n) is 5.85. The molecule has 0 amide bonds. The molecule has 0 aliphatic rings. The lowest BCUT2D eigenvalue weighted by atomic mass is 10.2. The smallest absolute Gasteiger partial charge is 0.0241 e. The molecule has 1 nitrogen and oxygen atoms in total. The summed E-state index contributed by atoms with van der Waals surface area (Å²) in [6.45, 7) is 9.32. The molecule has 0 aliphatic carbocycles. The normalized spacial score (nSPS) is 9.89. The maximum absolute atomic E-state index is 5.27. The zero-order chi connectivity index (χ0) is 7.28. The molecule has 0 atom stereocenters. The second-order valence-corrected chi connectivity index (χ2v) is 1.92. The Kier molecular flexibility index (Phi) is 3.52. The van der Waals surface area contributed by atoms with Crippen molar-refractivity contribution >= 4 is 0 Å². The summed E-state index contributed by atoms with van der Waals surface area (Å²) in [7, 11) is 0. The summed E-state index contributed by atoms with van der Waals surface area (Å²) in [4.78, 5) is 0. The van der Waals surface area contributed by atoms with E-state index >= 15 is 0 Å². The molecular formula is C8H13N. The molecule has 0 aromatic carbocycles. The van der Waals surface area contributed by atoms with E-state index in [0.29, 0.717) is 5.70 Å². The van der Waals surface area contributed by atoms with Gasteiger partial charge < -0.3 is 5.73 Å². The van der Waals surface area contributed by atoms with Gasteiger partial charge in [0.1, 0.15) is 0 Å². The first-order valence-electron chi connectivity index (χ1n) is 2.97. The van der Waals surface area contributed by atoms with Crippen molar-refractivity contribution in [3.05, 3.63) is 36.6 Å². The molecule has 0 saturated heterocycles. The number of allylic oxidation sites excluding steroid dienone is 3. The van der Waals surface area contributed by atoms with Crippen LogP contribution in [0.25, 0.3) is 0 Å². The largest absolute Gasteiger partial charge is 0.399 e. The maximum atomic E-state index is 5.27. The minimum absolute atomic E-state index is 0.574. The van der Waals surface area contributed by atoms with Gasteiger partial charge in [-0.15, -0.1) is 0 Å².